The highest BCUT2D eigenvalue weighted by molar-refractivity contribution is 5.98. The molecule has 4 heteroatoms. The number of anilines is 1. The van der Waals surface area contributed by atoms with Crippen LogP contribution in [-0.2, 0) is 17.6 Å². The first-order valence-electron chi connectivity index (χ1n) is 8.04. The van der Waals surface area contributed by atoms with Crippen molar-refractivity contribution in [1.82, 2.24) is 4.98 Å². The number of nitrogens with one attached hydrogen (secondary N) is 1. The van der Waals surface area contributed by atoms with Crippen LogP contribution in [0.25, 0.3) is 22.0 Å². The summed E-state index contributed by atoms with van der Waals surface area (Å²) in [5.74, 6) is -0.822. The van der Waals surface area contributed by atoms with E-state index < -0.39 is 5.97 Å². The number of aryl methyl sites for hydroxylation is 1. The SMILES string of the molecule is CCc1cc2c(CC(=O)O)cccc2c(-c2ccc(NC)cc2)n1. The van der Waals surface area contributed by atoms with Gasteiger partial charge in [-0.15, -0.1) is 0 Å². The van der Waals surface area contributed by atoms with Crippen molar-refractivity contribution < 1.29 is 9.90 Å². The molecule has 0 amide bonds. The zero-order valence-corrected chi connectivity index (χ0v) is 13.8. The van der Waals surface area contributed by atoms with Crippen molar-refractivity contribution in [2.75, 3.05) is 12.4 Å². The summed E-state index contributed by atoms with van der Waals surface area (Å²) in [6.45, 7) is 2.06. The van der Waals surface area contributed by atoms with E-state index >= 15 is 0 Å². The monoisotopic (exact) mass is 320 g/mol. The Balaban J connectivity index is 2.24. The van der Waals surface area contributed by atoms with Gasteiger partial charge in [-0.3, -0.25) is 9.78 Å². The lowest BCUT2D eigenvalue weighted by Crippen LogP contribution is -2.02. The number of nitrogens with zero attached hydrogens (tertiary/aromatic N) is 1. The Morgan fingerprint density at radius 1 is 1.12 bits per heavy atom. The van der Waals surface area contributed by atoms with E-state index in [4.69, 9.17) is 4.98 Å². The predicted molar refractivity (Wildman–Crippen MR) is 97.4 cm³/mol. The van der Waals surface area contributed by atoms with Crippen LogP contribution in [0.5, 0.6) is 0 Å². The molecule has 0 saturated carbocycles. The molecule has 0 fully saturated rings. The number of pyridine rings is 1. The van der Waals surface area contributed by atoms with Crippen molar-refractivity contribution in [3.63, 3.8) is 0 Å². The molecule has 0 radical (unpaired) electrons. The summed E-state index contributed by atoms with van der Waals surface area (Å²) in [6, 6.07) is 15.9. The average molecular weight is 320 g/mol. The van der Waals surface area contributed by atoms with Crippen LogP contribution in [0.1, 0.15) is 18.2 Å². The Morgan fingerprint density at radius 2 is 1.88 bits per heavy atom. The van der Waals surface area contributed by atoms with Crippen molar-refractivity contribution >= 4 is 22.4 Å². The molecule has 122 valence electrons. The summed E-state index contributed by atoms with van der Waals surface area (Å²) in [5, 5.41) is 14.2. The number of carboxylic acid groups (broad SMARTS) is 1. The highest BCUT2D eigenvalue weighted by Gasteiger charge is 2.12. The van der Waals surface area contributed by atoms with Crippen LogP contribution in [0, 0.1) is 0 Å². The molecule has 3 aromatic rings. The zero-order valence-electron chi connectivity index (χ0n) is 13.8. The topological polar surface area (TPSA) is 62.2 Å². The second-order valence-electron chi connectivity index (χ2n) is 5.73. The third-order valence-electron chi connectivity index (χ3n) is 4.17. The Kier molecular flexibility index (Phi) is 4.47. The lowest BCUT2D eigenvalue weighted by atomic mass is 9.97. The van der Waals surface area contributed by atoms with Gasteiger partial charge in [-0.25, -0.2) is 0 Å². The van der Waals surface area contributed by atoms with Gasteiger partial charge in [-0.1, -0.05) is 37.3 Å². The molecule has 4 nitrogen and oxygen atoms in total. The van der Waals surface area contributed by atoms with Crippen molar-refractivity contribution in [2.24, 2.45) is 0 Å². The maximum atomic E-state index is 11.2. The second kappa shape index (κ2) is 6.71. The second-order valence-corrected chi connectivity index (χ2v) is 5.73. The van der Waals surface area contributed by atoms with E-state index in [2.05, 4.69) is 12.2 Å². The highest BCUT2D eigenvalue weighted by atomic mass is 16.4. The van der Waals surface area contributed by atoms with E-state index in [1.165, 1.54) is 0 Å². The summed E-state index contributed by atoms with van der Waals surface area (Å²) < 4.78 is 0. The van der Waals surface area contributed by atoms with Gasteiger partial charge in [0.1, 0.15) is 0 Å². The number of hydrogen-bond donors (Lipinski definition) is 2. The number of carboxylic acids is 1. The highest BCUT2D eigenvalue weighted by Crippen LogP contribution is 2.30. The first-order valence-corrected chi connectivity index (χ1v) is 8.04. The van der Waals surface area contributed by atoms with Crippen molar-refractivity contribution in [3.8, 4) is 11.3 Å². The fourth-order valence-corrected chi connectivity index (χ4v) is 2.91. The molecule has 3 rings (SSSR count). The van der Waals surface area contributed by atoms with Gasteiger partial charge in [0, 0.05) is 29.4 Å². The van der Waals surface area contributed by atoms with E-state index in [-0.39, 0.29) is 6.42 Å². The molecule has 24 heavy (non-hydrogen) atoms. The summed E-state index contributed by atoms with van der Waals surface area (Å²) in [6.07, 6.45) is 0.821. The first-order chi connectivity index (χ1) is 11.6. The first kappa shape index (κ1) is 16.0. The van der Waals surface area contributed by atoms with Crippen LogP contribution >= 0.6 is 0 Å². The van der Waals surface area contributed by atoms with E-state index in [1.807, 2.05) is 55.6 Å². The van der Waals surface area contributed by atoms with Gasteiger partial charge in [0.05, 0.1) is 12.1 Å². The molecule has 1 heterocycles. The minimum atomic E-state index is -0.822. The molecule has 0 atom stereocenters. The number of aliphatic carboxylic acids is 1. The quantitative estimate of drug-likeness (QED) is 0.742. The maximum Gasteiger partial charge on any atom is 0.307 e. The lowest BCUT2D eigenvalue weighted by Gasteiger charge is -2.12. The van der Waals surface area contributed by atoms with Crippen LogP contribution in [0.3, 0.4) is 0 Å². The van der Waals surface area contributed by atoms with E-state index in [0.717, 1.165) is 45.4 Å². The number of rotatable bonds is 5. The van der Waals surface area contributed by atoms with Crippen LogP contribution in [0.15, 0.2) is 48.5 Å². The van der Waals surface area contributed by atoms with Gasteiger partial charge in [0.15, 0.2) is 0 Å². The van der Waals surface area contributed by atoms with Gasteiger partial charge in [0.2, 0.25) is 0 Å². The standard InChI is InChI=1S/C20H20N2O2/c1-3-15-12-18-14(11-19(23)24)5-4-6-17(18)20(22-15)13-7-9-16(21-2)10-8-13/h4-10,12,21H,3,11H2,1-2H3,(H,23,24). The fraction of sp³-hybridized carbons (Fsp3) is 0.200. The predicted octanol–water partition coefficient (Wildman–Crippen LogP) is 4.13. The molecule has 2 aromatic carbocycles. The molecular formula is C20H20N2O2. The largest absolute Gasteiger partial charge is 0.481 e. The molecule has 1 aromatic heterocycles. The molecule has 0 spiro atoms. The van der Waals surface area contributed by atoms with Crippen molar-refractivity contribution in [2.45, 2.75) is 19.8 Å². The smallest absolute Gasteiger partial charge is 0.307 e. The summed E-state index contributed by atoms with van der Waals surface area (Å²) >= 11 is 0. The van der Waals surface area contributed by atoms with Crippen LogP contribution in [-0.4, -0.2) is 23.1 Å². The third kappa shape index (κ3) is 3.08. The number of carbonyl (C=O) groups is 1. The molecule has 2 N–H and O–H groups in total. The molecule has 0 aliphatic heterocycles. The maximum absolute atomic E-state index is 11.2. The van der Waals surface area contributed by atoms with Gasteiger partial charge < -0.3 is 10.4 Å². The number of aromatic nitrogens is 1. The lowest BCUT2D eigenvalue weighted by molar-refractivity contribution is -0.136. The van der Waals surface area contributed by atoms with Gasteiger partial charge in [-0.2, -0.15) is 0 Å². The van der Waals surface area contributed by atoms with Gasteiger partial charge in [0.25, 0.3) is 0 Å². The minimum absolute atomic E-state index is 0.0165. The van der Waals surface area contributed by atoms with Crippen molar-refractivity contribution in [1.29, 1.82) is 0 Å². The van der Waals surface area contributed by atoms with E-state index in [0.29, 0.717) is 0 Å². The average Bonchev–Trinajstić information content (AvgIpc) is 2.61. The van der Waals surface area contributed by atoms with Gasteiger partial charge in [-0.05, 0) is 35.6 Å². The zero-order chi connectivity index (χ0) is 17.1. The fourth-order valence-electron chi connectivity index (χ4n) is 2.91. The Morgan fingerprint density at radius 3 is 2.50 bits per heavy atom. The Labute approximate surface area is 141 Å². The molecule has 0 aliphatic rings. The number of fused-ring (bicyclic) bond motifs is 1. The van der Waals surface area contributed by atoms with Crippen LogP contribution in [0.4, 0.5) is 5.69 Å². The molecule has 0 saturated heterocycles. The molecule has 0 bridgehead atoms. The minimum Gasteiger partial charge on any atom is -0.481 e. The molecule has 0 aliphatic carbocycles. The van der Waals surface area contributed by atoms with Crippen LogP contribution in [0.2, 0.25) is 0 Å². The Bertz CT molecular complexity index is 886. The number of hydrogen-bond acceptors (Lipinski definition) is 3. The normalized spacial score (nSPS) is 10.8. The summed E-state index contributed by atoms with van der Waals surface area (Å²) in [7, 11) is 1.89. The summed E-state index contributed by atoms with van der Waals surface area (Å²) in [4.78, 5) is 16.0. The van der Waals surface area contributed by atoms with E-state index in [1.54, 1.807) is 0 Å². The van der Waals surface area contributed by atoms with Gasteiger partial charge >= 0.3 is 5.97 Å². The van der Waals surface area contributed by atoms with Crippen LogP contribution < -0.4 is 5.32 Å². The third-order valence-corrected chi connectivity index (χ3v) is 4.17. The summed E-state index contributed by atoms with van der Waals surface area (Å²) in [5.41, 5.74) is 4.76. The number of benzene rings is 2. The molecular weight excluding hydrogens is 300 g/mol. The molecule has 0 unspecified atom stereocenters. The Hall–Kier alpha value is -2.88. The van der Waals surface area contributed by atoms with E-state index in [9.17, 15) is 9.90 Å². The van der Waals surface area contributed by atoms with Crippen molar-refractivity contribution in [3.05, 3.63) is 59.8 Å².